The summed E-state index contributed by atoms with van der Waals surface area (Å²) in [5, 5.41) is 0. The van der Waals surface area contributed by atoms with Crippen molar-refractivity contribution in [2.45, 2.75) is 25.0 Å². The van der Waals surface area contributed by atoms with Crippen molar-refractivity contribution in [3.05, 3.63) is 30.2 Å². The molecule has 0 atom stereocenters. The molecule has 0 bridgehead atoms. The van der Waals surface area contributed by atoms with Crippen LogP contribution in [0.4, 0.5) is 0 Å². The molecule has 2 aliphatic heterocycles. The number of likely N-dealkylation sites (tertiary alicyclic amines) is 1. The monoisotopic (exact) mass is 277 g/mol. The van der Waals surface area contributed by atoms with Gasteiger partial charge in [-0.3, -0.25) is 4.79 Å². The molecular weight excluding hydrogens is 258 g/mol. The maximum Gasteiger partial charge on any atom is 0.246 e. The molecule has 108 valence electrons. The highest BCUT2D eigenvalue weighted by molar-refractivity contribution is 5.91. The summed E-state index contributed by atoms with van der Waals surface area (Å²) in [5.41, 5.74) is 0. The van der Waals surface area contributed by atoms with E-state index in [-0.39, 0.29) is 5.91 Å². The Labute approximate surface area is 118 Å². The van der Waals surface area contributed by atoms with Crippen LogP contribution in [0.1, 0.15) is 25.0 Å². The van der Waals surface area contributed by atoms with Crippen LogP contribution in [0.3, 0.4) is 0 Å². The quantitative estimate of drug-likeness (QED) is 0.776. The number of carbonyl (C=O) groups excluding carboxylic acids is 1. The molecule has 20 heavy (non-hydrogen) atoms. The highest BCUT2D eigenvalue weighted by atomic mass is 16.7. The van der Waals surface area contributed by atoms with Gasteiger partial charge in [-0.25, -0.2) is 0 Å². The molecular formula is C15H19NO4. The summed E-state index contributed by atoms with van der Waals surface area (Å²) in [6, 6.07) is 3.62. The van der Waals surface area contributed by atoms with Gasteiger partial charge in [0, 0.05) is 32.0 Å². The van der Waals surface area contributed by atoms with Crippen molar-refractivity contribution in [2.75, 3.05) is 26.3 Å². The molecule has 1 aromatic heterocycles. The molecule has 2 fully saturated rings. The summed E-state index contributed by atoms with van der Waals surface area (Å²) in [5.74, 6) is 0.248. The van der Waals surface area contributed by atoms with Crippen LogP contribution in [0.5, 0.6) is 0 Å². The van der Waals surface area contributed by atoms with Gasteiger partial charge >= 0.3 is 0 Å². The summed E-state index contributed by atoms with van der Waals surface area (Å²) < 4.78 is 16.7. The number of carbonyl (C=O) groups is 1. The van der Waals surface area contributed by atoms with Crippen molar-refractivity contribution in [3.63, 3.8) is 0 Å². The predicted molar refractivity (Wildman–Crippen MR) is 72.8 cm³/mol. The summed E-state index contributed by atoms with van der Waals surface area (Å²) in [6.07, 6.45) is 7.28. The molecule has 0 saturated carbocycles. The van der Waals surface area contributed by atoms with Gasteiger partial charge in [-0.05, 0) is 24.6 Å². The zero-order chi connectivity index (χ0) is 13.8. The lowest BCUT2D eigenvalue weighted by atomic mass is 10.0. The van der Waals surface area contributed by atoms with E-state index in [2.05, 4.69) is 0 Å². The van der Waals surface area contributed by atoms with Crippen LogP contribution in [-0.4, -0.2) is 42.9 Å². The van der Waals surface area contributed by atoms with Crippen molar-refractivity contribution in [3.8, 4) is 0 Å². The average Bonchev–Trinajstić information content (AvgIpc) is 3.00. The van der Waals surface area contributed by atoms with Gasteiger partial charge in [0.2, 0.25) is 5.91 Å². The number of hydrogen-bond donors (Lipinski definition) is 0. The van der Waals surface area contributed by atoms with Crippen LogP contribution < -0.4 is 0 Å². The van der Waals surface area contributed by atoms with Gasteiger partial charge in [0.1, 0.15) is 5.76 Å². The smallest absolute Gasteiger partial charge is 0.246 e. The van der Waals surface area contributed by atoms with Crippen LogP contribution in [0, 0.1) is 0 Å². The number of furan rings is 1. The van der Waals surface area contributed by atoms with Crippen LogP contribution >= 0.6 is 0 Å². The molecule has 0 radical (unpaired) electrons. The maximum atomic E-state index is 12.1. The third-order valence-corrected chi connectivity index (χ3v) is 3.79. The van der Waals surface area contributed by atoms with Crippen molar-refractivity contribution in [1.29, 1.82) is 0 Å². The van der Waals surface area contributed by atoms with Crippen molar-refractivity contribution in [1.82, 2.24) is 4.90 Å². The minimum Gasteiger partial charge on any atom is -0.465 e. The molecule has 0 unspecified atom stereocenters. The van der Waals surface area contributed by atoms with E-state index in [9.17, 15) is 4.79 Å². The molecule has 0 N–H and O–H groups in total. The maximum absolute atomic E-state index is 12.1. The number of piperidine rings is 1. The molecule has 5 nitrogen and oxygen atoms in total. The minimum absolute atomic E-state index is 0.00654. The molecule has 5 heteroatoms. The highest BCUT2D eigenvalue weighted by Crippen LogP contribution is 2.30. The first-order valence-electron chi connectivity index (χ1n) is 7.06. The standard InChI is InChI=1S/C15H19NO4/c17-14(5-4-13-3-1-10-18-13)16-8-6-15(7-9-16)19-11-2-12-20-15/h1,3-5,10H,2,6-9,11-12H2/b5-4+. The number of ether oxygens (including phenoxy) is 2. The van der Waals surface area contributed by atoms with Crippen LogP contribution in [-0.2, 0) is 14.3 Å². The van der Waals surface area contributed by atoms with Gasteiger partial charge in [0.15, 0.2) is 5.79 Å². The molecule has 3 rings (SSSR count). The van der Waals surface area contributed by atoms with E-state index >= 15 is 0 Å². The molecule has 2 aliphatic rings. The average molecular weight is 277 g/mol. The third-order valence-electron chi connectivity index (χ3n) is 3.79. The van der Waals surface area contributed by atoms with Gasteiger partial charge in [0.25, 0.3) is 0 Å². The van der Waals surface area contributed by atoms with Crippen molar-refractivity contribution in [2.24, 2.45) is 0 Å². The second kappa shape index (κ2) is 5.81. The third kappa shape index (κ3) is 2.94. The molecule has 1 spiro atoms. The largest absolute Gasteiger partial charge is 0.465 e. The SMILES string of the molecule is O=C(/C=C/c1ccco1)N1CCC2(CC1)OCCCO2. The Hall–Kier alpha value is -1.59. The Morgan fingerprint density at radius 2 is 2.00 bits per heavy atom. The zero-order valence-electron chi connectivity index (χ0n) is 11.4. The van der Waals surface area contributed by atoms with Crippen LogP contribution in [0.2, 0.25) is 0 Å². The Morgan fingerprint density at radius 1 is 1.25 bits per heavy atom. The van der Waals surface area contributed by atoms with Gasteiger partial charge in [-0.1, -0.05) is 0 Å². The fourth-order valence-corrected chi connectivity index (χ4v) is 2.62. The van der Waals surface area contributed by atoms with E-state index in [0.29, 0.717) is 18.8 Å². The molecule has 1 aromatic rings. The lowest BCUT2D eigenvalue weighted by Crippen LogP contribution is -2.51. The van der Waals surface area contributed by atoms with Gasteiger partial charge in [-0.2, -0.15) is 0 Å². The summed E-state index contributed by atoms with van der Waals surface area (Å²) in [6.45, 7) is 2.85. The van der Waals surface area contributed by atoms with E-state index < -0.39 is 5.79 Å². The van der Waals surface area contributed by atoms with Crippen molar-refractivity contribution < 1.29 is 18.7 Å². The van der Waals surface area contributed by atoms with Crippen LogP contribution in [0.15, 0.2) is 28.9 Å². The van der Waals surface area contributed by atoms with E-state index in [0.717, 1.165) is 32.5 Å². The summed E-state index contributed by atoms with van der Waals surface area (Å²) in [7, 11) is 0. The topological polar surface area (TPSA) is 51.9 Å². The fourth-order valence-electron chi connectivity index (χ4n) is 2.62. The highest BCUT2D eigenvalue weighted by Gasteiger charge is 2.38. The number of rotatable bonds is 2. The van der Waals surface area contributed by atoms with Gasteiger partial charge in [-0.15, -0.1) is 0 Å². The van der Waals surface area contributed by atoms with E-state index in [1.807, 2.05) is 11.0 Å². The molecule has 0 aliphatic carbocycles. The molecule has 1 amide bonds. The fraction of sp³-hybridized carbons (Fsp3) is 0.533. The van der Waals surface area contributed by atoms with Crippen molar-refractivity contribution >= 4 is 12.0 Å². The van der Waals surface area contributed by atoms with Gasteiger partial charge in [0.05, 0.1) is 19.5 Å². The Balaban J connectivity index is 1.53. The lowest BCUT2D eigenvalue weighted by Gasteiger charge is -2.43. The van der Waals surface area contributed by atoms with E-state index in [1.54, 1.807) is 24.5 Å². The second-order valence-electron chi connectivity index (χ2n) is 5.14. The minimum atomic E-state index is -0.445. The molecule has 2 saturated heterocycles. The summed E-state index contributed by atoms with van der Waals surface area (Å²) >= 11 is 0. The number of amides is 1. The molecule has 0 aromatic carbocycles. The van der Waals surface area contributed by atoms with E-state index in [1.165, 1.54) is 0 Å². The number of nitrogens with zero attached hydrogens (tertiary/aromatic N) is 1. The predicted octanol–water partition coefficient (Wildman–Crippen LogP) is 2.05. The normalized spacial score (nSPS) is 22.5. The number of hydrogen-bond acceptors (Lipinski definition) is 4. The Morgan fingerprint density at radius 3 is 2.65 bits per heavy atom. The summed E-state index contributed by atoms with van der Waals surface area (Å²) in [4.78, 5) is 13.9. The van der Waals surface area contributed by atoms with Crippen LogP contribution in [0.25, 0.3) is 6.08 Å². The van der Waals surface area contributed by atoms with E-state index in [4.69, 9.17) is 13.9 Å². The Bertz CT molecular complexity index is 464. The first kappa shape index (κ1) is 13.4. The molecule has 3 heterocycles. The Kier molecular flexibility index (Phi) is 3.89. The van der Waals surface area contributed by atoms with Gasteiger partial charge < -0.3 is 18.8 Å². The second-order valence-corrected chi connectivity index (χ2v) is 5.14. The first-order chi connectivity index (χ1) is 9.77. The zero-order valence-corrected chi connectivity index (χ0v) is 11.4. The first-order valence-corrected chi connectivity index (χ1v) is 7.06. The lowest BCUT2D eigenvalue weighted by molar-refractivity contribution is -0.282.